The summed E-state index contributed by atoms with van der Waals surface area (Å²) in [5, 5.41) is 4.81. The summed E-state index contributed by atoms with van der Waals surface area (Å²) in [6.07, 6.45) is 11.0. The van der Waals surface area contributed by atoms with E-state index >= 15 is 0 Å². The Bertz CT molecular complexity index is 1470. The van der Waals surface area contributed by atoms with Crippen molar-refractivity contribution in [1.82, 2.24) is 0 Å². The van der Waals surface area contributed by atoms with Crippen LogP contribution in [0, 0.1) is 64.1 Å². The van der Waals surface area contributed by atoms with Gasteiger partial charge in [-0.3, -0.25) is 9.59 Å². The van der Waals surface area contributed by atoms with Gasteiger partial charge in [0.25, 0.3) is 0 Å². The third-order valence-electron chi connectivity index (χ3n) is 14.8. The lowest BCUT2D eigenvalue weighted by Crippen LogP contribution is -2.66. The molecule has 5 heteroatoms. The fourth-order valence-electron chi connectivity index (χ4n) is 12.0. The number of rotatable bonds is 5. The van der Waals surface area contributed by atoms with Crippen LogP contribution in [-0.2, 0) is 25.8 Å². The first-order valence-electron chi connectivity index (χ1n) is 18.1. The van der Waals surface area contributed by atoms with Gasteiger partial charge in [0.1, 0.15) is 6.61 Å². The van der Waals surface area contributed by atoms with Crippen LogP contribution in [0.1, 0.15) is 130 Å². The Morgan fingerprint density at radius 1 is 0.913 bits per heavy atom. The van der Waals surface area contributed by atoms with Crippen molar-refractivity contribution < 1.29 is 19.2 Å². The third-order valence-corrected chi connectivity index (χ3v) is 14.8. The highest BCUT2D eigenvalue weighted by atomic mass is 16.6. The molecule has 8 atom stereocenters. The van der Waals surface area contributed by atoms with E-state index in [1.54, 1.807) is 0 Å². The Hall–Kier alpha value is -2.43. The molecule has 5 aliphatic carbocycles. The van der Waals surface area contributed by atoms with E-state index in [9.17, 15) is 9.59 Å². The molecule has 0 unspecified atom stereocenters. The third kappa shape index (κ3) is 4.87. The van der Waals surface area contributed by atoms with Gasteiger partial charge in [0.05, 0.1) is 17.7 Å². The van der Waals surface area contributed by atoms with E-state index in [1.807, 2.05) is 6.92 Å². The van der Waals surface area contributed by atoms with E-state index in [1.165, 1.54) is 16.7 Å². The summed E-state index contributed by atoms with van der Waals surface area (Å²) in [6, 6.07) is 6.53. The van der Waals surface area contributed by atoms with Gasteiger partial charge in [-0.15, -0.1) is 0 Å². The first kappa shape index (κ1) is 33.5. The number of nitrogens with zero attached hydrogens (tertiary/aromatic N) is 1. The molecule has 0 bridgehead atoms. The van der Waals surface area contributed by atoms with Crippen LogP contribution in [0.2, 0.25) is 0 Å². The number of allylic oxidation sites excluding steroid dienone is 2. The van der Waals surface area contributed by atoms with Crippen molar-refractivity contribution in [3.8, 4) is 0 Å². The molecule has 0 heterocycles. The molecule has 1 aromatic rings. The largest absolute Gasteiger partial charge is 0.466 e. The van der Waals surface area contributed by atoms with Gasteiger partial charge in [-0.05, 0) is 131 Å². The highest BCUT2D eigenvalue weighted by Crippen LogP contribution is 2.75. The molecule has 5 aliphatic rings. The number of fused-ring (bicyclic) bond motifs is 7. The Balaban J connectivity index is 1.30. The predicted octanol–water partition coefficient (Wildman–Crippen LogP) is 9.72. The van der Waals surface area contributed by atoms with Crippen LogP contribution in [0.15, 0.2) is 35.0 Å². The maximum absolute atomic E-state index is 14.7. The van der Waals surface area contributed by atoms with E-state index < -0.39 is 5.41 Å². The number of carbonyl (C=O) groups is 2. The first-order chi connectivity index (χ1) is 21.4. The van der Waals surface area contributed by atoms with Crippen LogP contribution in [0.4, 0.5) is 0 Å². The highest BCUT2D eigenvalue weighted by Gasteiger charge is 2.70. The van der Waals surface area contributed by atoms with Crippen LogP contribution in [-0.4, -0.2) is 24.1 Å². The molecule has 4 fully saturated rings. The molecule has 0 aromatic heterocycles. The summed E-state index contributed by atoms with van der Waals surface area (Å²) in [4.78, 5) is 34.0. The average molecular weight is 630 g/mol. The van der Waals surface area contributed by atoms with E-state index in [-0.39, 0.29) is 44.9 Å². The molecule has 0 aliphatic heterocycles. The zero-order valence-electron chi connectivity index (χ0n) is 30.4. The molecule has 252 valence electrons. The van der Waals surface area contributed by atoms with Crippen molar-refractivity contribution >= 4 is 17.5 Å². The van der Waals surface area contributed by atoms with Crippen molar-refractivity contribution in [3.63, 3.8) is 0 Å². The molecule has 0 spiro atoms. The van der Waals surface area contributed by atoms with Crippen molar-refractivity contribution in [1.29, 1.82) is 0 Å². The standard InChI is InChI=1S/C41H59NO4/c1-11-45-35(44)38(7)17-16-37(6)18-19-40(9)29(30(37)24-38)23-31(43)34-39(8)14-13-33(36(4,5)32(39)12-15-41(34,40)10)42-46-25-28-21-26(2)20-27(3)22-28/h20-23,30,32,34H,11-19,24-25H2,1-10H3/b42-33+/t30-,32-,34+,37+,38-,39-,40+,41+/m0/s1. The molecule has 1 aromatic carbocycles. The summed E-state index contributed by atoms with van der Waals surface area (Å²) in [6.45, 7) is 23.6. The summed E-state index contributed by atoms with van der Waals surface area (Å²) >= 11 is 0. The fraction of sp³-hybridized carbons (Fsp3) is 0.732. The number of ether oxygens (including phenoxy) is 1. The zero-order valence-corrected chi connectivity index (χ0v) is 30.4. The van der Waals surface area contributed by atoms with Gasteiger partial charge in [-0.2, -0.15) is 0 Å². The maximum Gasteiger partial charge on any atom is 0.311 e. The number of ketones is 1. The topological polar surface area (TPSA) is 65.0 Å². The minimum Gasteiger partial charge on any atom is -0.466 e. The molecule has 6 rings (SSSR count). The average Bonchev–Trinajstić information content (AvgIpc) is 2.96. The van der Waals surface area contributed by atoms with E-state index in [0.717, 1.165) is 69.1 Å². The molecule has 4 saturated carbocycles. The SMILES string of the molecule is CCOC(=O)[C@@]1(C)CC[C@]2(C)CC[C@]3(C)C(=CC(=O)[C@@H]4[C@@]5(C)CC/C(=N\OCc6cc(C)cc(C)c6)C(C)(C)[C@@H]5CC[C@]43C)[C@@H]2C1. The Kier molecular flexibility index (Phi) is 8.04. The molecule has 0 saturated heterocycles. The molecule has 5 nitrogen and oxygen atoms in total. The minimum atomic E-state index is -0.493. The predicted molar refractivity (Wildman–Crippen MR) is 184 cm³/mol. The monoisotopic (exact) mass is 629 g/mol. The maximum atomic E-state index is 14.7. The van der Waals surface area contributed by atoms with Crippen LogP contribution < -0.4 is 0 Å². The van der Waals surface area contributed by atoms with E-state index in [2.05, 4.69) is 86.6 Å². The molecule has 0 amide bonds. The van der Waals surface area contributed by atoms with E-state index in [4.69, 9.17) is 14.7 Å². The van der Waals surface area contributed by atoms with Gasteiger partial charge in [0.2, 0.25) is 0 Å². The summed E-state index contributed by atoms with van der Waals surface area (Å²) in [5.74, 6) is 0.834. The summed E-state index contributed by atoms with van der Waals surface area (Å²) < 4.78 is 5.60. The van der Waals surface area contributed by atoms with Crippen LogP contribution in [0.5, 0.6) is 0 Å². The lowest BCUT2D eigenvalue weighted by atomic mass is 9.33. The van der Waals surface area contributed by atoms with Gasteiger partial charge >= 0.3 is 5.97 Å². The second-order valence-electron chi connectivity index (χ2n) is 18.0. The quantitative estimate of drug-likeness (QED) is 0.240. The lowest BCUT2D eigenvalue weighted by molar-refractivity contribution is -0.177. The highest BCUT2D eigenvalue weighted by molar-refractivity contribution is 5.97. The van der Waals surface area contributed by atoms with Crippen LogP contribution in [0.25, 0.3) is 0 Å². The Morgan fingerprint density at radius 2 is 1.59 bits per heavy atom. The van der Waals surface area contributed by atoms with Crippen molar-refractivity contribution in [2.24, 2.45) is 55.4 Å². The summed E-state index contributed by atoms with van der Waals surface area (Å²) in [5.41, 5.74) is 5.30. The number of hydrogen-bond acceptors (Lipinski definition) is 5. The van der Waals surface area contributed by atoms with E-state index in [0.29, 0.717) is 24.9 Å². The van der Waals surface area contributed by atoms with Gasteiger partial charge < -0.3 is 9.57 Å². The van der Waals surface area contributed by atoms with Gasteiger partial charge in [0.15, 0.2) is 5.78 Å². The molecule has 46 heavy (non-hydrogen) atoms. The van der Waals surface area contributed by atoms with Crippen molar-refractivity contribution in [2.45, 2.75) is 134 Å². The van der Waals surface area contributed by atoms with Crippen LogP contribution in [0.3, 0.4) is 0 Å². The fourth-order valence-corrected chi connectivity index (χ4v) is 12.0. The summed E-state index contributed by atoms with van der Waals surface area (Å²) in [7, 11) is 0. The van der Waals surface area contributed by atoms with Crippen LogP contribution >= 0.6 is 0 Å². The second kappa shape index (κ2) is 11.1. The smallest absolute Gasteiger partial charge is 0.311 e. The second-order valence-corrected chi connectivity index (χ2v) is 18.0. The number of hydrogen-bond donors (Lipinski definition) is 0. The van der Waals surface area contributed by atoms with Gasteiger partial charge in [-0.25, -0.2) is 0 Å². The zero-order chi connectivity index (χ0) is 33.5. The lowest BCUT2D eigenvalue weighted by Gasteiger charge is -2.70. The number of benzene rings is 1. The first-order valence-corrected chi connectivity index (χ1v) is 18.1. The number of carbonyl (C=O) groups excluding carboxylic acids is 2. The normalized spacial score (nSPS) is 42.2. The van der Waals surface area contributed by atoms with Crippen molar-refractivity contribution in [2.75, 3.05) is 6.61 Å². The minimum absolute atomic E-state index is 0.0195. The van der Waals surface area contributed by atoms with Crippen molar-refractivity contribution in [3.05, 3.63) is 46.5 Å². The molecular formula is C41H59NO4. The molecular weight excluding hydrogens is 570 g/mol. The molecule has 0 N–H and O–H groups in total. The Labute approximate surface area is 278 Å². The molecule has 0 radical (unpaired) electrons. The van der Waals surface area contributed by atoms with Gasteiger partial charge in [-0.1, -0.05) is 81.6 Å². The van der Waals surface area contributed by atoms with Gasteiger partial charge in [0, 0.05) is 11.3 Å². The number of esters is 1. The Morgan fingerprint density at radius 3 is 2.26 bits per heavy atom. The number of oxime groups is 1. The number of aryl methyl sites for hydroxylation is 2.